The van der Waals surface area contributed by atoms with Gasteiger partial charge >= 0.3 is 0 Å². The number of ether oxygens (including phenoxy) is 1. The summed E-state index contributed by atoms with van der Waals surface area (Å²) in [7, 11) is 1.93. The molecule has 2 aromatic heterocycles. The monoisotopic (exact) mass is 295 g/mol. The Kier molecular flexibility index (Phi) is 4.11. The Hall–Kier alpha value is -2.33. The molecule has 2 heterocycles. The van der Waals surface area contributed by atoms with Crippen LogP contribution in [0.25, 0.3) is 5.52 Å². The molecule has 22 heavy (non-hydrogen) atoms. The Morgan fingerprint density at radius 2 is 2.05 bits per heavy atom. The molecule has 0 saturated heterocycles. The second-order valence-electron chi connectivity index (χ2n) is 5.52. The van der Waals surface area contributed by atoms with Crippen molar-refractivity contribution in [2.75, 3.05) is 7.05 Å². The van der Waals surface area contributed by atoms with E-state index in [0.717, 1.165) is 34.9 Å². The third-order valence-corrected chi connectivity index (χ3v) is 3.74. The quantitative estimate of drug-likeness (QED) is 0.785. The number of benzene rings is 1. The number of aromatic nitrogens is 2. The second-order valence-corrected chi connectivity index (χ2v) is 5.52. The van der Waals surface area contributed by atoms with Crippen LogP contribution < -0.4 is 10.1 Å². The van der Waals surface area contributed by atoms with Crippen LogP contribution in [0.15, 0.2) is 42.6 Å². The average molecular weight is 295 g/mol. The summed E-state index contributed by atoms with van der Waals surface area (Å²) in [6, 6.07) is 12.4. The fraction of sp³-hybridized carbons (Fsp3) is 0.278. The third kappa shape index (κ3) is 2.83. The molecule has 3 aromatic rings. The lowest BCUT2D eigenvalue weighted by Gasteiger charge is -2.09. The molecular weight excluding hydrogens is 274 g/mol. The lowest BCUT2D eigenvalue weighted by atomic mass is 10.1. The maximum Gasteiger partial charge on any atom is 0.151 e. The molecule has 0 amide bonds. The lowest BCUT2D eigenvalue weighted by molar-refractivity contribution is 0.293. The Morgan fingerprint density at radius 1 is 1.18 bits per heavy atom. The van der Waals surface area contributed by atoms with Crippen LogP contribution in [0, 0.1) is 13.8 Å². The van der Waals surface area contributed by atoms with E-state index in [0.29, 0.717) is 6.61 Å². The number of nitrogens with zero attached hydrogens (tertiary/aromatic N) is 2. The number of hydrogen-bond acceptors (Lipinski definition) is 3. The largest absolute Gasteiger partial charge is 0.485 e. The molecule has 0 aliphatic heterocycles. The van der Waals surface area contributed by atoms with E-state index in [1.165, 1.54) is 5.56 Å². The number of nitrogens with one attached hydrogen (secondary N) is 1. The zero-order chi connectivity index (χ0) is 15.5. The summed E-state index contributed by atoms with van der Waals surface area (Å²) >= 11 is 0. The van der Waals surface area contributed by atoms with Crippen molar-refractivity contribution in [3.8, 4) is 5.75 Å². The summed E-state index contributed by atoms with van der Waals surface area (Å²) in [5.74, 6) is 1.84. The summed E-state index contributed by atoms with van der Waals surface area (Å²) in [6.07, 6.45) is 2.03. The average Bonchev–Trinajstić information content (AvgIpc) is 2.87. The third-order valence-electron chi connectivity index (χ3n) is 3.74. The van der Waals surface area contributed by atoms with Gasteiger partial charge in [-0.3, -0.25) is 0 Å². The van der Waals surface area contributed by atoms with Gasteiger partial charge in [0, 0.05) is 12.7 Å². The minimum absolute atomic E-state index is 0.458. The van der Waals surface area contributed by atoms with E-state index in [1.54, 1.807) is 0 Å². The van der Waals surface area contributed by atoms with Crippen molar-refractivity contribution in [3.63, 3.8) is 0 Å². The highest BCUT2D eigenvalue weighted by Gasteiger charge is 2.11. The molecule has 0 atom stereocenters. The van der Waals surface area contributed by atoms with Crippen molar-refractivity contribution in [1.29, 1.82) is 0 Å². The first-order chi connectivity index (χ1) is 10.7. The molecule has 1 N–H and O–H groups in total. The minimum atomic E-state index is 0.458. The minimum Gasteiger partial charge on any atom is -0.485 e. The zero-order valence-corrected chi connectivity index (χ0v) is 13.3. The Bertz CT molecular complexity index is 792. The number of pyridine rings is 1. The van der Waals surface area contributed by atoms with Crippen LogP contribution in [0.4, 0.5) is 0 Å². The molecule has 3 rings (SSSR count). The van der Waals surface area contributed by atoms with Gasteiger partial charge < -0.3 is 14.5 Å². The van der Waals surface area contributed by atoms with E-state index in [1.807, 2.05) is 25.4 Å². The van der Waals surface area contributed by atoms with Crippen LogP contribution in [0.1, 0.15) is 22.6 Å². The van der Waals surface area contributed by atoms with Gasteiger partial charge in [0.1, 0.15) is 12.4 Å². The van der Waals surface area contributed by atoms with Gasteiger partial charge in [0.25, 0.3) is 0 Å². The fourth-order valence-electron chi connectivity index (χ4n) is 2.57. The van der Waals surface area contributed by atoms with Crippen molar-refractivity contribution >= 4 is 5.52 Å². The van der Waals surface area contributed by atoms with Crippen molar-refractivity contribution in [2.45, 2.75) is 27.0 Å². The van der Waals surface area contributed by atoms with Crippen LogP contribution in [0.3, 0.4) is 0 Å². The normalized spacial score (nSPS) is 11.0. The van der Waals surface area contributed by atoms with E-state index in [-0.39, 0.29) is 0 Å². The van der Waals surface area contributed by atoms with Gasteiger partial charge in [0.05, 0.1) is 11.2 Å². The topological polar surface area (TPSA) is 38.6 Å². The van der Waals surface area contributed by atoms with E-state index in [4.69, 9.17) is 9.72 Å². The van der Waals surface area contributed by atoms with Gasteiger partial charge in [0.2, 0.25) is 0 Å². The van der Waals surface area contributed by atoms with E-state index in [9.17, 15) is 0 Å². The standard InChI is InChI=1S/C18H21N3O/c1-13-7-8-14(2)17(10-13)22-12-18-20-15(11-19-3)16-6-4-5-9-21(16)18/h4-10,19H,11-12H2,1-3H3. The number of aryl methyl sites for hydroxylation is 2. The van der Waals surface area contributed by atoms with Crippen molar-refractivity contribution in [1.82, 2.24) is 14.7 Å². The van der Waals surface area contributed by atoms with Gasteiger partial charge in [-0.15, -0.1) is 0 Å². The zero-order valence-electron chi connectivity index (χ0n) is 13.3. The van der Waals surface area contributed by atoms with E-state index >= 15 is 0 Å². The molecule has 1 aromatic carbocycles. The molecule has 0 spiro atoms. The summed E-state index contributed by atoms with van der Waals surface area (Å²) in [5, 5.41) is 3.16. The maximum atomic E-state index is 6.00. The molecular formula is C18H21N3O. The maximum absolute atomic E-state index is 6.00. The van der Waals surface area contributed by atoms with Crippen molar-refractivity contribution in [3.05, 3.63) is 65.2 Å². The number of fused-ring (bicyclic) bond motifs is 1. The fourth-order valence-corrected chi connectivity index (χ4v) is 2.57. The van der Waals surface area contributed by atoms with Gasteiger partial charge in [-0.1, -0.05) is 18.2 Å². The Morgan fingerprint density at radius 3 is 2.86 bits per heavy atom. The first kappa shape index (κ1) is 14.6. The lowest BCUT2D eigenvalue weighted by Crippen LogP contribution is -2.06. The van der Waals surface area contributed by atoms with E-state index in [2.05, 4.69) is 47.8 Å². The second kappa shape index (κ2) is 6.20. The predicted molar refractivity (Wildman–Crippen MR) is 88.2 cm³/mol. The molecule has 0 radical (unpaired) electrons. The smallest absolute Gasteiger partial charge is 0.151 e. The summed E-state index contributed by atoms with van der Waals surface area (Å²) in [6.45, 7) is 5.34. The molecule has 0 bridgehead atoms. The van der Waals surface area contributed by atoms with Gasteiger partial charge in [-0.25, -0.2) is 4.98 Å². The summed E-state index contributed by atoms with van der Waals surface area (Å²) in [5.41, 5.74) is 4.51. The highest BCUT2D eigenvalue weighted by atomic mass is 16.5. The molecule has 0 aliphatic carbocycles. The molecule has 0 fully saturated rings. The highest BCUT2D eigenvalue weighted by molar-refractivity contribution is 5.53. The predicted octanol–water partition coefficient (Wildman–Crippen LogP) is 3.25. The molecule has 0 saturated carbocycles. The summed E-state index contributed by atoms with van der Waals surface area (Å²) < 4.78 is 8.09. The number of rotatable bonds is 5. The van der Waals surface area contributed by atoms with Crippen LogP contribution in [0.2, 0.25) is 0 Å². The Labute approximate surface area is 130 Å². The molecule has 4 heteroatoms. The first-order valence-corrected chi connectivity index (χ1v) is 7.48. The summed E-state index contributed by atoms with van der Waals surface area (Å²) in [4.78, 5) is 4.72. The van der Waals surface area contributed by atoms with E-state index < -0.39 is 0 Å². The van der Waals surface area contributed by atoms with Gasteiger partial charge in [0.15, 0.2) is 5.82 Å². The van der Waals surface area contributed by atoms with Crippen LogP contribution >= 0.6 is 0 Å². The van der Waals surface area contributed by atoms with Crippen LogP contribution in [0.5, 0.6) is 5.75 Å². The van der Waals surface area contributed by atoms with Gasteiger partial charge in [-0.2, -0.15) is 0 Å². The van der Waals surface area contributed by atoms with Crippen molar-refractivity contribution < 1.29 is 4.74 Å². The Balaban J connectivity index is 1.89. The molecule has 0 unspecified atom stereocenters. The SMILES string of the molecule is CNCc1nc(COc2cc(C)ccc2C)n2ccccc12. The molecule has 0 aliphatic rings. The van der Waals surface area contributed by atoms with Crippen LogP contribution in [-0.4, -0.2) is 16.4 Å². The number of hydrogen-bond donors (Lipinski definition) is 1. The van der Waals surface area contributed by atoms with Crippen LogP contribution in [-0.2, 0) is 13.2 Å². The highest BCUT2D eigenvalue weighted by Crippen LogP contribution is 2.21. The molecule has 114 valence electrons. The van der Waals surface area contributed by atoms with Gasteiger partial charge in [-0.05, 0) is 50.2 Å². The molecule has 4 nitrogen and oxygen atoms in total. The first-order valence-electron chi connectivity index (χ1n) is 7.48. The van der Waals surface area contributed by atoms with Crippen molar-refractivity contribution in [2.24, 2.45) is 0 Å². The number of imidazole rings is 1.